The Morgan fingerprint density at radius 3 is 2.63 bits per heavy atom. The molecular weight excluding hydrogens is 256 g/mol. The zero-order chi connectivity index (χ0) is 14.4. The van der Waals surface area contributed by atoms with Crippen LogP contribution in [0.2, 0.25) is 0 Å². The number of nitrogens with one attached hydrogen (secondary N) is 1. The summed E-state index contributed by atoms with van der Waals surface area (Å²) in [5, 5.41) is 22.3. The molecule has 0 fully saturated rings. The number of anilines is 1. The van der Waals surface area contributed by atoms with Crippen LogP contribution in [0.1, 0.15) is 12.8 Å². The summed E-state index contributed by atoms with van der Waals surface area (Å²) in [6, 6.07) is 3.29. The van der Waals surface area contributed by atoms with Gasteiger partial charge in [-0.15, -0.1) is 0 Å². The number of nitro groups is 1. The number of rotatable bonds is 5. The molecule has 19 heavy (non-hydrogen) atoms. The third kappa shape index (κ3) is 4.26. The summed E-state index contributed by atoms with van der Waals surface area (Å²) in [5.41, 5.74) is -0.245. The minimum atomic E-state index is -0.664. The first kappa shape index (κ1) is 14.4. The number of methoxy groups -OCH3 is 1. The van der Waals surface area contributed by atoms with Crippen LogP contribution in [-0.2, 0) is 14.3 Å². The highest BCUT2D eigenvalue weighted by atomic mass is 16.6. The molecule has 1 aromatic rings. The van der Waals surface area contributed by atoms with Crippen molar-refractivity contribution in [3.05, 3.63) is 28.3 Å². The number of aromatic hydroxyl groups is 1. The lowest BCUT2D eigenvalue weighted by Gasteiger charge is -2.06. The summed E-state index contributed by atoms with van der Waals surface area (Å²) in [5.74, 6) is -1.45. The van der Waals surface area contributed by atoms with Crippen LogP contribution in [-0.4, -0.2) is 29.0 Å². The van der Waals surface area contributed by atoms with Gasteiger partial charge in [0.05, 0.1) is 30.2 Å². The summed E-state index contributed by atoms with van der Waals surface area (Å²) in [6.45, 7) is 0. The fourth-order valence-corrected chi connectivity index (χ4v) is 1.27. The van der Waals surface area contributed by atoms with Gasteiger partial charge in [-0.25, -0.2) is 0 Å². The maximum atomic E-state index is 11.4. The Kier molecular flexibility index (Phi) is 4.81. The Morgan fingerprint density at radius 2 is 2.11 bits per heavy atom. The first-order valence-electron chi connectivity index (χ1n) is 5.28. The Morgan fingerprint density at radius 1 is 1.42 bits per heavy atom. The number of phenolic OH excluding ortho intramolecular Hbond substituents is 1. The molecule has 0 heterocycles. The molecule has 0 aliphatic rings. The van der Waals surface area contributed by atoms with Gasteiger partial charge < -0.3 is 15.2 Å². The van der Waals surface area contributed by atoms with Crippen molar-refractivity contribution < 1.29 is 24.4 Å². The lowest BCUT2D eigenvalue weighted by atomic mass is 10.2. The molecule has 0 saturated heterocycles. The third-order valence-corrected chi connectivity index (χ3v) is 2.25. The predicted molar refractivity (Wildman–Crippen MR) is 64.6 cm³/mol. The first-order valence-corrected chi connectivity index (χ1v) is 5.28. The number of nitro benzene ring substituents is 1. The molecule has 0 aliphatic heterocycles. The molecule has 0 aromatic heterocycles. The number of carbonyl (C=O) groups excluding carboxylic acids is 2. The molecule has 1 rings (SSSR count). The van der Waals surface area contributed by atoms with Gasteiger partial charge in [0.1, 0.15) is 5.75 Å². The molecule has 1 aromatic carbocycles. The second-order valence-electron chi connectivity index (χ2n) is 3.58. The SMILES string of the molecule is COC(=O)CCC(=O)Nc1ccc([N+](=O)[O-])cc1O. The van der Waals surface area contributed by atoms with Gasteiger partial charge in [0.25, 0.3) is 5.69 Å². The summed E-state index contributed by atoms with van der Waals surface area (Å²) in [7, 11) is 1.21. The summed E-state index contributed by atoms with van der Waals surface area (Å²) in [6.07, 6.45) is -0.195. The van der Waals surface area contributed by atoms with Gasteiger partial charge >= 0.3 is 5.97 Å². The summed E-state index contributed by atoms with van der Waals surface area (Å²) >= 11 is 0. The standard InChI is InChI=1S/C11H12N2O6/c1-19-11(16)5-4-10(15)12-8-3-2-7(13(17)18)6-9(8)14/h2-3,6,14H,4-5H2,1H3,(H,12,15). The van der Waals surface area contributed by atoms with E-state index >= 15 is 0 Å². The minimum absolute atomic E-state index is 0.0421. The van der Waals surface area contributed by atoms with Crippen LogP contribution in [0.5, 0.6) is 5.75 Å². The van der Waals surface area contributed by atoms with Crippen LogP contribution in [0.25, 0.3) is 0 Å². The van der Waals surface area contributed by atoms with E-state index in [1.807, 2.05) is 0 Å². The van der Waals surface area contributed by atoms with Crippen molar-refractivity contribution in [1.29, 1.82) is 0 Å². The number of carbonyl (C=O) groups is 2. The lowest BCUT2D eigenvalue weighted by Crippen LogP contribution is -2.14. The zero-order valence-electron chi connectivity index (χ0n) is 10.1. The van der Waals surface area contributed by atoms with Crippen molar-refractivity contribution in [3.8, 4) is 5.75 Å². The van der Waals surface area contributed by atoms with Gasteiger partial charge in [-0.1, -0.05) is 0 Å². The van der Waals surface area contributed by atoms with Crippen LogP contribution in [0.15, 0.2) is 18.2 Å². The van der Waals surface area contributed by atoms with Gasteiger partial charge in [0.2, 0.25) is 5.91 Å². The largest absolute Gasteiger partial charge is 0.506 e. The number of benzene rings is 1. The normalized spacial score (nSPS) is 9.74. The molecule has 0 aliphatic carbocycles. The van der Waals surface area contributed by atoms with Gasteiger partial charge in [-0.05, 0) is 6.07 Å². The predicted octanol–water partition coefficient (Wildman–Crippen LogP) is 1.19. The molecule has 8 heteroatoms. The van der Waals surface area contributed by atoms with E-state index in [1.165, 1.54) is 13.2 Å². The van der Waals surface area contributed by atoms with E-state index in [4.69, 9.17) is 0 Å². The molecule has 1 amide bonds. The molecule has 2 N–H and O–H groups in total. The van der Waals surface area contributed by atoms with Crippen molar-refractivity contribution in [1.82, 2.24) is 0 Å². The fourth-order valence-electron chi connectivity index (χ4n) is 1.27. The minimum Gasteiger partial charge on any atom is -0.506 e. The quantitative estimate of drug-likeness (QED) is 0.358. The number of hydrogen-bond donors (Lipinski definition) is 2. The van der Waals surface area contributed by atoms with Gasteiger partial charge in [0.15, 0.2) is 0 Å². The van der Waals surface area contributed by atoms with Crippen molar-refractivity contribution >= 4 is 23.3 Å². The molecule has 0 radical (unpaired) electrons. The number of non-ortho nitro benzene ring substituents is 1. The molecule has 102 valence electrons. The van der Waals surface area contributed by atoms with Crippen LogP contribution in [0, 0.1) is 10.1 Å². The number of esters is 1. The van der Waals surface area contributed by atoms with Crippen LogP contribution < -0.4 is 5.32 Å². The lowest BCUT2D eigenvalue weighted by molar-refractivity contribution is -0.384. The van der Waals surface area contributed by atoms with Crippen molar-refractivity contribution in [3.63, 3.8) is 0 Å². The van der Waals surface area contributed by atoms with E-state index in [2.05, 4.69) is 10.1 Å². The van der Waals surface area contributed by atoms with Crippen molar-refractivity contribution in [2.24, 2.45) is 0 Å². The average Bonchev–Trinajstić information content (AvgIpc) is 2.38. The van der Waals surface area contributed by atoms with Gasteiger partial charge in [0, 0.05) is 12.5 Å². The van der Waals surface area contributed by atoms with E-state index in [9.17, 15) is 24.8 Å². The highest BCUT2D eigenvalue weighted by Gasteiger charge is 2.13. The maximum absolute atomic E-state index is 11.4. The molecule has 0 saturated carbocycles. The topological polar surface area (TPSA) is 119 Å². The zero-order valence-corrected chi connectivity index (χ0v) is 10.1. The molecule has 8 nitrogen and oxygen atoms in total. The second-order valence-corrected chi connectivity index (χ2v) is 3.58. The average molecular weight is 268 g/mol. The Labute approximate surface area is 108 Å². The van der Waals surface area contributed by atoms with E-state index in [-0.39, 0.29) is 24.2 Å². The Bertz CT molecular complexity index is 514. The van der Waals surface area contributed by atoms with Crippen LogP contribution >= 0.6 is 0 Å². The number of amides is 1. The molecule has 0 atom stereocenters. The van der Waals surface area contributed by atoms with Gasteiger partial charge in [-0.3, -0.25) is 19.7 Å². The molecule has 0 bridgehead atoms. The summed E-state index contributed by atoms with van der Waals surface area (Å²) < 4.78 is 4.37. The Hall–Kier alpha value is -2.64. The van der Waals surface area contributed by atoms with E-state index < -0.39 is 22.5 Å². The second kappa shape index (κ2) is 6.34. The number of phenols is 1. The smallest absolute Gasteiger partial charge is 0.306 e. The highest BCUT2D eigenvalue weighted by Crippen LogP contribution is 2.27. The molecule has 0 spiro atoms. The van der Waals surface area contributed by atoms with Crippen molar-refractivity contribution in [2.45, 2.75) is 12.8 Å². The van der Waals surface area contributed by atoms with Crippen molar-refractivity contribution in [2.75, 3.05) is 12.4 Å². The first-order chi connectivity index (χ1) is 8.93. The number of nitrogens with zero attached hydrogens (tertiary/aromatic N) is 1. The van der Waals surface area contributed by atoms with E-state index in [1.54, 1.807) is 0 Å². The summed E-state index contributed by atoms with van der Waals surface area (Å²) in [4.78, 5) is 32.1. The number of hydrogen-bond acceptors (Lipinski definition) is 6. The van der Waals surface area contributed by atoms with E-state index in [0.29, 0.717) is 0 Å². The van der Waals surface area contributed by atoms with Gasteiger partial charge in [-0.2, -0.15) is 0 Å². The Balaban J connectivity index is 2.64. The maximum Gasteiger partial charge on any atom is 0.306 e. The molecular formula is C11H12N2O6. The van der Waals surface area contributed by atoms with Crippen LogP contribution in [0.3, 0.4) is 0 Å². The van der Waals surface area contributed by atoms with Crippen LogP contribution in [0.4, 0.5) is 11.4 Å². The number of ether oxygens (including phenoxy) is 1. The van der Waals surface area contributed by atoms with E-state index in [0.717, 1.165) is 12.1 Å². The molecule has 0 unspecified atom stereocenters. The monoisotopic (exact) mass is 268 g/mol. The fraction of sp³-hybridized carbons (Fsp3) is 0.273. The highest BCUT2D eigenvalue weighted by molar-refractivity contribution is 5.94. The third-order valence-electron chi connectivity index (χ3n) is 2.25.